The molecule has 1 aliphatic rings. The Labute approximate surface area is 191 Å². The molecule has 3 aromatic rings. The SMILES string of the molecule is Cc1c[nH]c2nccc(Oc3ccc(C[C@H](N)C(=O)NC4(CO)CCN(C)CC4)cc3F)c12. The zero-order valence-corrected chi connectivity index (χ0v) is 18.9. The molecule has 0 saturated carbocycles. The van der Waals surface area contributed by atoms with Crippen molar-refractivity contribution in [2.45, 2.75) is 37.8 Å². The number of carbonyl (C=O) groups excluding carboxylic acids is 1. The lowest BCUT2D eigenvalue weighted by Gasteiger charge is -2.40. The maximum absolute atomic E-state index is 14.8. The van der Waals surface area contributed by atoms with Gasteiger partial charge in [0, 0.05) is 25.5 Å². The lowest BCUT2D eigenvalue weighted by Crippen LogP contribution is -2.60. The highest BCUT2D eigenvalue weighted by Crippen LogP contribution is 2.32. The van der Waals surface area contributed by atoms with E-state index in [9.17, 15) is 14.3 Å². The van der Waals surface area contributed by atoms with Gasteiger partial charge in [0.15, 0.2) is 11.6 Å². The molecule has 0 radical (unpaired) electrons. The van der Waals surface area contributed by atoms with E-state index >= 15 is 0 Å². The number of likely N-dealkylation sites (tertiary alicyclic amines) is 1. The maximum atomic E-state index is 14.8. The highest BCUT2D eigenvalue weighted by atomic mass is 19.1. The van der Waals surface area contributed by atoms with Crippen molar-refractivity contribution in [2.75, 3.05) is 26.7 Å². The second-order valence-electron chi connectivity index (χ2n) is 8.91. The Morgan fingerprint density at radius 2 is 2.12 bits per heavy atom. The summed E-state index contributed by atoms with van der Waals surface area (Å²) in [6, 6.07) is 5.40. The number of aromatic amines is 1. The summed E-state index contributed by atoms with van der Waals surface area (Å²) in [4.78, 5) is 22.2. The number of nitrogens with two attached hydrogens (primary N) is 1. The molecular formula is C24H30FN5O3. The van der Waals surface area contributed by atoms with Crippen LogP contribution in [-0.4, -0.2) is 64.2 Å². The predicted octanol–water partition coefficient (Wildman–Crippen LogP) is 2.25. The van der Waals surface area contributed by atoms with Crippen LogP contribution in [-0.2, 0) is 11.2 Å². The van der Waals surface area contributed by atoms with Crippen LogP contribution in [0, 0.1) is 12.7 Å². The number of H-pyrrole nitrogens is 1. The number of hydrogen-bond donors (Lipinski definition) is 4. The number of nitrogens with zero attached hydrogens (tertiary/aromatic N) is 2. The molecular weight excluding hydrogens is 425 g/mol. The molecule has 0 aliphatic carbocycles. The van der Waals surface area contributed by atoms with Crippen LogP contribution in [0.2, 0.25) is 0 Å². The van der Waals surface area contributed by atoms with Gasteiger partial charge in [-0.1, -0.05) is 6.07 Å². The van der Waals surface area contributed by atoms with Gasteiger partial charge in [0.1, 0.15) is 11.4 Å². The summed E-state index contributed by atoms with van der Waals surface area (Å²) in [5, 5.41) is 13.6. The fourth-order valence-electron chi connectivity index (χ4n) is 4.21. The number of carbonyl (C=O) groups is 1. The molecule has 1 atom stereocenters. The average Bonchev–Trinajstić information content (AvgIpc) is 3.19. The van der Waals surface area contributed by atoms with Gasteiger partial charge < -0.3 is 30.8 Å². The van der Waals surface area contributed by atoms with Crippen LogP contribution in [0.5, 0.6) is 11.5 Å². The van der Waals surface area contributed by atoms with E-state index in [1.54, 1.807) is 18.3 Å². The number of aliphatic hydroxyl groups excluding tert-OH is 1. The lowest BCUT2D eigenvalue weighted by atomic mass is 9.88. The molecule has 9 heteroatoms. The summed E-state index contributed by atoms with van der Waals surface area (Å²) < 4.78 is 20.6. The molecule has 8 nitrogen and oxygen atoms in total. The largest absolute Gasteiger partial charge is 0.453 e. The first-order valence-electron chi connectivity index (χ1n) is 11.1. The Hall–Kier alpha value is -3.01. The molecule has 33 heavy (non-hydrogen) atoms. The van der Waals surface area contributed by atoms with Gasteiger partial charge in [0.05, 0.1) is 23.6 Å². The Morgan fingerprint density at radius 1 is 1.36 bits per heavy atom. The van der Waals surface area contributed by atoms with Gasteiger partial charge in [-0.25, -0.2) is 9.37 Å². The van der Waals surface area contributed by atoms with Gasteiger partial charge in [-0.2, -0.15) is 0 Å². The van der Waals surface area contributed by atoms with Crippen molar-refractivity contribution >= 4 is 16.9 Å². The van der Waals surface area contributed by atoms with Crippen LogP contribution in [0.15, 0.2) is 36.7 Å². The van der Waals surface area contributed by atoms with Crippen molar-refractivity contribution in [3.8, 4) is 11.5 Å². The number of pyridine rings is 1. The van der Waals surface area contributed by atoms with Gasteiger partial charge in [-0.3, -0.25) is 4.79 Å². The number of halogens is 1. The first-order valence-corrected chi connectivity index (χ1v) is 11.1. The van der Waals surface area contributed by atoms with Gasteiger partial charge in [0.2, 0.25) is 5.91 Å². The molecule has 1 aromatic carbocycles. The van der Waals surface area contributed by atoms with E-state index in [1.165, 1.54) is 12.1 Å². The number of amides is 1. The van der Waals surface area contributed by atoms with Crippen molar-refractivity contribution < 1.29 is 19.0 Å². The molecule has 1 fully saturated rings. The van der Waals surface area contributed by atoms with Crippen molar-refractivity contribution in [3.63, 3.8) is 0 Å². The normalized spacial score (nSPS) is 17.1. The van der Waals surface area contributed by atoms with E-state index in [4.69, 9.17) is 10.5 Å². The summed E-state index contributed by atoms with van der Waals surface area (Å²) in [5.74, 6) is -0.304. The van der Waals surface area contributed by atoms with Gasteiger partial charge >= 0.3 is 0 Å². The number of nitrogens with one attached hydrogen (secondary N) is 2. The second kappa shape index (κ2) is 9.46. The number of aryl methyl sites for hydroxylation is 1. The van der Waals surface area contributed by atoms with Crippen LogP contribution in [0.4, 0.5) is 4.39 Å². The van der Waals surface area contributed by atoms with Crippen molar-refractivity contribution in [1.82, 2.24) is 20.2 Å². The summed E-state index contributed by atoms with van der Waals surface area (Å²) in [6.07, 6.45) is 4.90. The third-order valence-corrected chi connectivity index (χ3v) is 6.38. The number of aliphatic hydroxyl groups is 1. The molecule has 5 N–H and O–H groups in total. The minimum absolute atomic E-state index is 0.0791. The van der Waals surface area contributed by atoms with E-state index in [-0.39, 0.29) is 24.7 Å². The summed E-state index contributed by atoms with van der Waals surface area (Å²) in [5.41, 5.74) is 7.67. The highest BCUT2D eigenvalue weighted by Gasteiger charge is 2.35. The molecule has 3 heterocycles. The van der Waals surface area contributed by atoms with Crippen LogP contribution in [0.3, 0.4) is 0 Å². The minimum atomic E-state index is -0.860. The zero-order chi connectivity index (χ0) is 23.6. The smallest absolute Gasteiger partial charge is 0.237 e. The topological polar surface area (TPSA) is 116 Å². The highest BCUT2D eigenvalue weighted by molar-refractivity contribution is 5.86. The standard InChI is InChI=1S/C24H30FN5O3/c1-15-13-28-22-21(15)20(5-8-27-22)33-19-4-3-16(11-17(19)25)12-18(26)23(32)29-24(14-31)6-9-30(2)10-7-24/h3-5,8,11,13,18,31H,6-7,9-10,12,14,26H2,1-2H3,(H,27,28)(H,29,32)/t18-/m0/s1. The number of aromatic nitrogens is 2. The third kappa shape index (κ3) is 5.00. The molecule has 0 bridgehead atoms. The lowest BCUT2D eigenvalue weighted by molar-refractivity contribution is -0.125. The van der Waals surface area contributed by atoms with Crippen molar-refractivity contribution in [2.24, 2.45) is 5.73 Å². The van der Waals surface area contributed by atoms with Crippen LogP contribution in [0.1, 0.15) is 24.0 Å². The van der Waals surface area contributed by atoms with Crippen LogP contribution >= 0.6 is 0 Å². The number of benzene rings is 1. The second-order valence-corrected chi connectivity index (χ2v) is 8.91. The van der Waals surface area contributed by atoms with E-state index in [2.05, 4.69) is 20.2 Å². The Bertz CT molecular complexity index is 1140. The van der Waals surface area contributed by atoms with E-state index in [1.807, 2.05) is 20.2 Å². The molecule has 1 saturated heterocycles. The molecule has 0 spiro atoms. The fourth-order valence-corrected chi connectivity index (χ4v) is 4.21. The first-order chi connectivity index (χ1) is 15.8. The monoisotopic (exact) mass is 455 g/mol. The van der Waals surface area contributed by atoms with E-state index in [0.717, 1.165) is 24.0 Å². The van der Waals surface area contributed by atoms with Crippen molar-refractivity contribution in [3.05, 3.63) is 53.6 Å². The number of hydrogen-bond acceptors (Lipinski definition) is 6. The van der Waals surface area contributed by atoms with Gasteiger partial charge in [-0.15, -0.1) is 0 Å². The third-order valence-electron chi connectivity index (χ3n) is 6.38. The minimum Gasteiger partial charge on any atom is -0.453 e. The van der Waals surface area contributed by atoms with Gasteiger partial charge in [-0.05, 0) is 62.6 Å². The van der Waals surface area contributed by atoms with Crippen molar-refractivity contribution in [1.29, 1.82) is 0 Å². The summed E-state index contributed by atoms with van der Waals surface area (Å²) in [6.45, 7) is 3.36. The Morgan fingerprint density at radius 3 is 2.82 bits per heavy atom. The summed E-state index contributed by atoms with van der Waals surface area (Å²) >= 11 is 0. The molecule has 4 rings (SSSR count). The number of fused-ring (bicyclic) bond motifs is 1. The van der Waals surface area contributed by atoms with E-state index in [0.29, 0.717) is 29.8 Å². The number of rotatable bonds is 7. The molecule has 2 aromatic heterocycles. The first kappa shape index (κ1) is 23.2. The number of ether oxygens (including phenoxy) is 1. The van der Waals surface area contributed by atoms with Crippen LogP contribution < -0.4 is 15.8 Å². The quantitative estimate of drug-likeness (QED) is 0.434. The molecule has 0 unspecified atom stereocenters. The predicted molar refractivity (Wildman–Crippen MR) is 124 cm³/mol. The zero-order valence-electron chi connectivity index (χ0n) is 18.9. The number of piperidine rings is 1. The average molecular weight is 456 g/mol. The molecule has 1 amide bonds. The Kier molecular flexibility index (Phi) is 6.64. The molecule has 1 aliphatic heterocycles. The van der Waals surface area contributed by atoms with Crippen LogP contribution in [0.25, 0.3) is 11.0 Å². The fraction of sp³-hybridized carbons (Fsp3) is 0.417. The van der Waals surface area contributed by atoms with Gasteiger partial charge in [0.25, 0.3) is 0 Å². The van der Waals surface area contributed by atoms with E-state index < -0.39 is 17.4 Å². The molecule has 176 valence electrons. The Balaban J connectivity index is 1.42. The summed E-state index contributed by atoms with van der Waals surface area (Å²) in [7, 11) is 2.01. The maximum Gasteiger partial charge on any atom is 0.237 e.